The molecule has 9 heteroatoms. The van der Waals surface area contributed by atoms with Gasteiger partial charge in [0.25, 0.3) is 0 Å². The number of hydrogen-bond donors (Lipinski definition) is 2. The molecule has 150 valence electrons. The topological polar surface area (TPSA) is 66.6 Å². The number of nitrogens with one attached hydrogen (secondary N) is 2. The van der Waals surface area contributed by atoms with E-state index >= 15 is 0 Å². The molecule has 0 amide bonds. The van der Waals surface area contributed by atoms with Crippen LogP contribution in [0.2, 0.25) is 0 Å². The van der Waals surface area contributed by atoms with Gasteiger partial charge in [-0.25, -0.2) is 9.38 Å². The summed E-state index contributed by atoms with van der Waals surface area (Å²) in [5.74, 6) is 2.89. The van der Waals surface area contributed by atoms with E-state index in [-0.39, 0.29) is 29.8 Å². The number of nitrogens with zero attached hydrogens (tertiary/aromatic N) is 4. The predicted molar refractivity (Wildman–Crippen MR) is 124 cm³/mol. The minimum atomic E-state index is -0.145. The van der Waals surface area contributed by atoms with Crippen LogP contribution in [0.4, 0.5) is 4.39 Å². The van der Waals surface area contributed by atoms with Gasteiger partial charge < -0.3 is 10.6 Å². The quantitative estimate of drug-likeness (QED) is 0.209. The fraction of sp³-hybridized carbons (Fsp3) is 0.316. The highest BCUT2D eigenvalue weighted by atomic mass is 127. The van der Waals surface area contributed by atoms with Crippen molar-refractivity contribution in [3.05, 3.63) is 65.9 Å². The van der Waals surface area contributed by atoms with Crippen LogP contribution in [0.1, 0.15) is 18.3 Å². The monoisotopic (exact) mass is 514 g/mol. The molecular weight excluding hydrogens is 490 g/mol. The lowest BCUT2D eigenvalue weighted by Gasteiger charge is -2.11. The van der Waals surface area contributed by atoms with Crippen molar-refractivity contribution in [2.45, 2.75) is 19.2 Å². The van der Waals surface area contributed by atoms with E-state index in [2.05, 4.69) is 25.8 Å². The minimum absolute atomic E-state index is 0. The average Bonchev–Trinajstić information content (AvgIpc) is 3.10. The molecule has 0 bridgehead atoms. The van der Waals surface area contributed by atoms with Crippen LogP contribution in [-0.2, 0) is 12.3 Å². The Kier molecular flexibility index (Phi) is 9.48. The van der Waals surface area contributed by atoms with E-state index in [0.717, 1.165) is 41.8 Å². The summed E-state index contributed by atoms with van der Waals surface area (Å²) >= 11 is 1.69. The van der Waals surface area contributed by atoms with Gasteiger partial charge in [0.1, 0.15) is 12.4 Å². The maximum absolute atomic E-state index is 13.6. The van der Waals surface area contributed by atoms with E-state index in [0.29, 0.717) is 12.3 Å². The second-order valence-electron chi connectivity index (χ2n) is 5.81. The van der Waals surface area contributed by atoms with Crippen LogP contribution in [0.3, 0.4) is 0 Å². The molecule has 28 heavy (non-hydrogen) atoms. The van der Waals surface area contributed by atoms with Crippen molar-refractivity contribution in [1.82, 2.24) is 25.2 Å². The average molecular weight is 514 g/mol. The van der Waals surface area contributed by atoms with Crippen molar-refractivity contribution in [2.75, 3.05) is 18.8 Å². The Labute approximate surface area is 185 Å². The first-order chi connectivity index (χ1) is 13.3. The molecule has 0 saturated heterocycles. The molecule has 0 saturated carbocycles. The van der Waals surface area contributed by atoms with Crippen LogP contribution in [0.15, 0.2) is 53.7 Å². The number of benzene rings is 1. The number of aliphatic imine (C=N–C) groups is 1. The van der Waals surface area contributed by atoms with E-state index in [4.69, 9.17) is 0 Å². The number of pyridine rings is 1. The molecule has 6 nitrogen and oxygen atoms in total. The van der Waals surface area contributed by atoms with Crippen LogP contribution in [0.5, 0.6) is 0 Å². The standard InChI is InChI=1S/C19H23FN6S.HI/c1-2-21-19(22-10-12-27-14-15-7-3-4-8-16(15)20)23-13-18-25-24-17-9-5-6-11-26(17)18;/h3-9,11H,2,10,12-14H2,1H3,(H2,21,22,23);1H. The van der Waals surface area contributed by atoms with E-state index in [1.807, 2.05) is 47.9 Å². The molecule has 0 atom stereocenters. The third-order valence-electron chi connectivity index (χ3n) is 3.86. The smallest absolute Gasteiger partial charge is 0.191 e. The molecule has 0 aliphatic heterocycles. The van der Waals surface area contributed by atoms with Crippen molar-refractivity contribution in [3.8, 4) is 0 Å². The number of fused-ring (bicyclic) bond motifs is 1. The van der Waals surface area contributed by atoms with Gasteiger partial charge in [0.15, 0.2) is 17.4 Å². The number of halogens is 2. The zero-order valence-electron chi connectivity index (χ0n) is 15.6. The third-order valence-corrected chi connectivity index (χ3v) is 4.87. The van der Waals surface area contributed by atoms with Crippen molar-refractivity contribution >= 4 is 47.3 Å². The van der Waals surface area contributed by atoms with Crippen molar-refractivity contribution in [1.29, 1.82) is 0 Å². The third kappa shape index (κ3) is 6.33. The first kappa shape index (κ1) is 22.4. The highest BCUT2D eigenvalue weighted by molar-refractivity contribution is 14.0. The Balaban J connectivity index is 0.00000280. The summed E-state index contributed by atoms with van der Waals surface area (Å²) in [7, 11) is 0. The summed E-state index contributed by atoms with van der Waals surface area (Å²) in [5.41, 5.74) is 1.55. The van der Waals surface area contributed by atoms with Crippen LogP contribution < -0.4 is 10.6 Å². The van der Waals surface area contributed by atoms with E-state index in [9.17, 15) is 4.39 Å². The van der Waals surface area contributed by atoms with Gasteiger partial charge >= 0.3 is 0 Å². The van der Waals surface area contributed by atoms with E-state index in [1.54, 1.807) is 17.8 Å². The fourth-order valence-electron chi connectivity index (χ4n) is 2.53. The van der Waals surface area contributed by atoms with Crippen molar-refractivity contribution in [2.24, 2.45) is 4.99 Å². The fourth-order valence-corrected chi connectivity index (χ4v) is 3.37. The first-order valence-electron chi connectivity index (χ1n) is 8.90. The number of thioether (sulfide) groups is 1. The van der Waals surface area contributed by atoms with Gasteiger partial charge in [-0.15, -0.1) is 34.2 Å². The number of guanidine groups is 1. The summed E-state index contributed by atoms with van der Waals surface area (Å²) in [6.45, 7) is 3.97. The lowest BCUT2D eigenvalue weighted by atomic mass is 10.2. The van der Waals surface area contributed by atoms with E-state index in [1.165, 1.54) is 6.07 Å². The molecule has 0 unspecified atom stereocenters. The molecule has 1 aromatic carbocycles. The van der Waals surface area contributed by atoms with Crippen molar-refractivity contribution < 1.29 is 4.39 Å². The highest BCUT2D eigenvalue weighted by Gasteiger charge is 2.05. The molecule has 2 aromatic heterocycles. The van der Waals surface area contributed by atoms with Crippen LogP contribution >= 0.6 is 35.7 Å². The zero-order chi connectivity index (χ0) is 18.9. The Hall–Kier alpha value is -1.88. The lowest BCUT2D eigenvalue weighted by Crippen LogP contribution is -2.38. The van der Waals surface area contributed by atoms with Crippen LogP contribution in [0.25, 0.3) is 5.65 Å². The SMILES string of the molecule is CCNC(=NCc1nnc2ccccn12)NCCSCc1ccccc1F.I. The zero-order valence-corrected chi connectivity index (χ0v) is 18.8. The second kappa shape index (κ2) is 11.8. The summed E-state index contributed by atoms with van der Waals surface area (Å²) in [4.78, 5) is 4.58. The van der Waals surface area contributed by atoms with Gasteiger partial charge in [-0.2, -0.15) is 11.8 Å². The Morgan fingerprint density at radius 3 is 2.79 bits per heavy atom. The normalized spacial score (nSPS) is 11.3. The molecule has 0 aliphatic carbocycles. The van der Waals surface area contributed by atoms with Gasteiger partial charge in [-0.3, -0.25) is 4.40 Å². The highest BCUT2D eigenvalue weighted by Crippen LogP contribution is 2.14. The summed E-state index contributed by atoms with van der Waals surface area (Å²) in [6, 6.07) is 12.7. The lowest BCUT2D eigenvalue weighted by molar-refractivity contribution is 0.617. The maximum Gasteiger partial charge on any atom is 0.191 e. The van der Waals surface area contributed by atoms with Crippen LogP contribution in [-0.4, -0.2) is 39.4 Å². The van der Waals surface area contributed by atoms with Crippen LogP contribution in [0, 0.1) is 5.82 Å². The summed E-state index contributed by atoms with van der Waals surface area (Å²) in [6.07, 6.45) is 1.93. The predicted octanol–water partition coefficient (Wildman–Crippen LogP) is 3.47. The molecule has 0 spiro atoms. The molecule has 3 rings (SSSR count). The summed E-state index contributed by atoms with van der Waals surface area (Å²) in [5, 5.41) is 14.8. The van der Waals surface area contributed by atoms with Gasteiger partial charge in [0, 0.05) is 30.8 Å². The number of hydrogen-bond acceptors (Lipinski definition) is 4. The largest absolute Gasteiger partial charge is 0.357 e. The number of aromatic nitrogens is 3. The van der Waals surface area contributed by atoms with Gasteiger partial charge in [-0.05, 0) is 30.7 Å². The molecule has 3 aromatic rings. The molecule has 0 aliphatic rings. The molecule has 2 N–H and O–H groups in total. The van der Waals surface area contributed by atoms with Gasteiger partial charge in [-0.1, -0.05) is 24.3 Å². The number of rotatable bonds is 8. The Morgan fingerprint density at radius 1 is 1.14 bits per heavy atom. The van der Waals surface area contributed by atoms with Gasteiger partial charge in [0.2, 0.25) is 0 Å². The Bertz CT molecular complexity index is 901. The van der Waals surface area contributed by atoms with E-state index < -0.39 is 0 Å². The first-order valence-corrected chi connectivity index (χ1v) is 10.1. The van der Waals surface area contributed by atoms with Gasteiger partial charge in [0.05, 0.1) is 0 Å². The molecular formula is C19H24FIN6S. The second-order valence-corrected chi connectivity index (χ2v) is 6.92. The molecule has 0 radical (unpaired) electrons. The summed E-state index contributed by atoms with van der Waals surface area (Å²) < 4.78 is 15.5. The molecule has 2 heterocycles. The molecule has 0 fully saturated rings. The van der Waals surface area contributed by atoms with Crippen molar-refractivity contribution in [3.63, 3.8) is 0 Å². The minimum Gasteiger partial charge on any atom is -0.357 e. The Morgan fingerprint density at radius 2 is 1.96 bits per heavy atom. The maximum atomic E-state index is 13.6.